The van der Waals surface area contributed by atoms with E-state index >= 15 is 0 Å². The topological polar surface area (TPSA) is 12.0 Å². The van der Waals surface area contributed by atoms with Gasteiger partial charge in [0.2, 0.25) is 0 Å². The van der Waals surface area contributed by atoms with E-state index < -0.39 is 17.5 Å². The molecule has 0 aliphatic heterocycles. The van der Waals surface area contributed by atoms with Gasteiger partial charge < -0.3 is 5.32 Å². The molecule has 0 spiro atoms. The summed E-state index contributed by atoms with van der Waals surface area (Å²) in [6.45, 7) is 0.730. The van der Waals surface area contributed by atoms with E-state index in [0.29, 0.717) is 18.5 Å². The Balaban J connectivity index is 1.84. The standard InChI is InChI=1S/C15H13F4N/c16-12-3-1-2-10(6-12)4-5-20-9-11-7-13(17)15(19)14(18)8-11/h1-3,6-8,20H,4-5,9H2. The van der Waals surface area contributed by atoms with Gasteiger partial charge in [-0.2, -0.15) is 0 Å². The number of nitrogens with one attached hydrogen (secondary N) is 1. The number of halogens is 4. The lowest BCUT2D eigenvalue weighted by atomic mass is 10.1. The van der Waals surface area contributed by atoms with Crippen LogP contribution >= 0.6 is 0 Å². The number of hydrogen-bond acceptors (Lipinski definition) is 1. The average Bonchev–Trinajstić information content (AvgIpc) is 2.41. The summed E-state index contributed by atoms with van der Waals surface area (Å²) in [5, 5.41) is 2.97. The second kappa shape index (κ2) is 6.52. The molecule has 1 nitrogen and oxygen atoms in total. The Bertz CT molecular complexity index is 575. The van der Waals surface area contributed by atoms with E-state index in [9.17, 15) is 17.6 Å². The van der Waals surface area contributed by atoms with Gasteiger partial charge >= 0.3 is 0 Å². The fourth-order valence-corrected chi connectivity index (χ4v) is 1.87. The monoisotopic (exact) mass is 283 g/mol. The van der Waals surface area contributed by atoms with Gasteiger partial charge in [0.25, 0.3) is 0 Å². The molecule has 0 amide bonds. The Kier molecular flexibility index (Phi) is 4.74. The van der Waals surface area contributed by atoms with Gasteiger partial charge in [0, 0.05) is 6.54 Å². The molecule has 0 unspecified atom stereocenters. The summed E-state index contributed by atoms with van der Waals surface area (Å²) in [5.74, 6) is -4.17. The van der Waals surface area contributed by atoms with E-state index in [1.165, 1.54) is 12.1 Å². The molecule has 1 N–H and O–H groups in total. The quantitative estimate of drug-likeness (QED) is 0.502. The largest absolute Gasteiger partial charge is 0.312 e. The minimum absolute atomic E-state index is 0.212. The summed E-state index contributed by atoms with van der Waals surface area (Å²) >= 11 is 0. The summed E-state index contributed by atoms with van der Waals surface area (Å²) in [4.78, 5) is 0. The van der Waals surface area contributed by atoms with Gasteiger partial charge in [-0.05, 0) is 48.4 Å². The van der Waals surface area contributed by atoms with Crippen LogP contribution in [0.25, 0.3) is 0 Å². The van der Waals surface area contributed by atoms with Crippen LogP contribution in [-0.4, -0.2) is 6.54 Å². The van der Waals surface area contributed by atoms with Gasteiger partial charge in [-0.25, -0.2) is 17.6 Å². The molecule has 0 radical (unpaired) electrons. The van der Waals surface area contributed by atoms with Gasteiger partial charge in [0.15, 0.2) is 17.5 Å². The van der Waals surface area contributed by atoms with Crippen molar-refractivity contribution < 1.29 is 17.6 Å². The van der Waals surface area contributed by atoms with Crippen LogP contribution < -0.4 is 5.32 Å². The summed E-state index contributed by atoms with van der Waals surface area (Å²) in [7, 11) is 0. The highest BCUT2D eigenvalue weighted by Gasteiger charge is 2.09. The Morgan fingerprint density at radius 3 is 2.20 bits per heavy atom. The second-order valence-corrected chi connectivity index (χ2v) is 4.43. The fourth-order valence-electron chi connectivity index (χ4n) is 1.87. The molecule has 106 valence electrons. The molecule has 2 aromatic carbocycles. The predicted octanol–water partition coefficient (Wildman–Crippen LogP) is 3.58. The molecular formula is C15H13F4N. The van der Waals surface area contributed by atoms with Gasteiger partial charge in [-0.1, -0.05) is 12.1 Å². The first-order chi connectivity index (χ1) is 9.56. The van der Waals surface area contributed by atoms with Crippen molar-refractivity contribution in [3.63, 3.8) is 0 Å². The van der Waals surface area contributed by atoms with E-state index in [-0.39, 0.29) is 12.4 Å². The summed E-state index contributed by atoms with van der Waals surface area (Å²) in [6, 6.07) is 8.11. The molecular weight excluding hydrogens is 270 g/mol. The lowest BCUT2D eigenvalue weighted by molar-refractivity contribution is 0.444. The van der Waals surface area contributed by atoms with Crippen molar-refractivity contribution >= 4 is 0 Å². The molecule has 2 rings (SSSR count). The minimum atomic E-state index is -1.46. The highest BCUT2D eigenvalue weighted by molar-refractivity contribution is 5.19. The molecule has 0 bridgehead atoms. The van der Waals surface area contributed by atoms with Crippen LogP contribution in [0.15, 0.2) is 36.4 Å². The van der Waals surface area contributed by atoms with E-state index in [2.05, 4.69) is 5.32 Å². The first-order valence-corrected chi connectivity index (χ1v) is 6.15. The maximum atomic E-state index is 13.0. The Hall–Kier alpha value is -1.88. The van der Waals surface area contributed by atoms with E-state index in [1.807, 2.05) is 0 Å². The number of rotatable bonds is 5. The third kappa shape index (κ3) is 3.81. The molecule has 0 aromatic heterocycles. The zero-order chi connectivity index (χ0) is 14.5. The molecule has 0 atom stereocenters. The third-order valence-corrected chi connectivity index (χ3v) is 2.85. The van der Waals surface area contributed by atoms with Crippen molar-refractivity contribution in [1.29, 1.82) is 0 Å². The minimum Gasteiger partial charge on any atom is -0.312 e. The van der Waals surface area contributed by atoms with Crippen LogP contribution in [0, 0.1) is 23.3 Å². The first kappa shape index (κ1) is 14.5. The van der Waals surface area contributed by atoms with Crippen molar-refractivity contribution in [3.8, 4) is 0 Å². The van der Waals surface area contributed by atoms with Crippen LogP contribution in [0.3, 0.4) is 0 Å². The highest BCUT2D eigenvalue weighted by atomic mass is 19.2. The Labute approximate surface area is 114 Å². The number of hydrogen-bond donors (Lipinski definition) is 1. The molecule has 0 saturated heterocycles. The number of benzene rings is 2. The second-order valence-electron chi connectivity index (χ2n) is 4.43. The normalized spacial score (nSPS) is 10.8. The zero-order valence-corrected chi connectivity index (χ0v) is 10.6. The molecule has 0 aliphatic carbocycles. The third-order valence-electron chi connectivity index (χ3n) is 2.85. The summed E-state index contributed by atoms with van der Waals surface area (Å²) < 4.78 is 51.6. The fraction of sp³-hybridized carbons (Fsp3) is 0.200. The van der Waals surface area contributed by atoms with Crippen molar-refractivity contribution in [2.75, 3.05) is 6.54 Å². The smallest absolute Gasteiger partial charge is 0.194 e. The van der Waals surface area contributed by atoms with Crippen molar-refractivity contribution in [1.82, 2.24) is 5.32 Å². The molecule has 5 heteroatoms. The lowest BCUT2D eigenvalue weighted by Crippen LogP contribution is -2.17. The molecule has 0 saturated carbocycles. The van der Waals surface area contributed by atoms with Crippen molar-refractivity contribution in [2.45, 2.75) is 13.0 Å². The van der Waals surface area contributed by atoms with Gasteiger partial charge in [0.05, 0.1) is 0 Å². The molecule has 20 heavy (non-hydrogen) atoms. The SMILES string of the molecule is Fc1cccc(CCNCc2cc(F)c(F)c(F)c2)c1. The maximum absolute atomic E-state index is 13.0. The van der Waals surface area contributed by atoms with Crippen LogP contribution in [0.2, 0.25) is 0 Å². The van der Waals surface area contributed by atoms with Crippen LogP contribution in [0.4, 0.5) is 17.6 Å². The first-order valence-electron chi connectivity index (χ1n) is 6.15. The van der Waals surface area contributed by atoms with E-state index in [0.717, 1.165) is 17.7 Å². The van der Waals surface area contributed by atoms with E-state index in [4.69, 9.17) is 0 Å². The zero-order valence-electron chi connectivity index (χ0n) is 10.6. The highest BCUT2D eigenvalue weighted by Crippen LogP contribution is 2.13. The van der Waals surface area contributed by atoms with E-state index in [1.54, 1.807) is 12.1 Å². The van der Waals surface area contributed by atoms with Gasteiger partial charge in [-0.3, -0.25) is 0 Å². The van der Waals surface area contributed by atoms with Gasteiger partial charge in [0.1, 0.15) is 5.82 Å². The van der Waals surface area contributed by atoms with Gasteiger partial charge in [-0.15, -0.1) is 0 Å². The molecule has 0 fully saturated rings. The molecule has 0 aliphatic rings. The summed E-state index contributed by atoms with van der Waals surface area (Å²) in [6.07, 6.45) is 0.587. The van der Waals surface area contributed by atoms with Crippen molar-refractivity contribution in [2.24, 2.45) is 0 Å². The van der Waals surface area contributed by atoms with Crippen molar-refractivity contribution in [3.05, 3.63) is 70.8 Å². The van der Waals surface area contributed by atoms with Crippen LogP contribution in [0.5, 0.6) is 0 Å². The molecule has 2 aromatic rings. The Morgan fingerprint density at radius 2 is 1.55 bits per heavy atom. The molecule has 0 heterocycles. The lowest BCUT2D eigenvalue weighted by Gasteiger charge is -2.06. The van der Waals surface area contributed by atoms with Crippen LogP contribution in [0.1, 0.15) is 11.1 Å². The maximum Gasteiger partial charge on any atom is 0.194 e. The predicted molar refractivity (Wildman–Crippen MR) is 68.1 cm³/mol. The average molecular weight is 283 g/mol. The Morgan fingerprint density at radius 1 is 0.850 bits per heavy atom. The summed E-state index contributed by atoms with van der Waals surface area (Å²) in [5.41, 5.74) is 1.15. The van der Waals surface area contributed by atoms with Crippen LogP contribution in [-0.2, 0) is 13.0 Å².